The van der Waals surface area contributed by atoms with Gasteiger partial charge >= 0.3 is 5.97 Å². The van der Waals surface area contributed by atoms with Crippen molar-refractivity contribution in [2.45, 2.75) is 26.5 Å². The molecule has 41 heavy (non-hydrogen) atoms. The SMILES string of the molecule is CCOC(=O)C1=C(C)N=c2s/c(=C/c3ccc(OCc4ccc(Cl)cc4)c(OC)c3)c(=O)n2C1c1ccc(Cl)cc1. The number of hydrogen-bond acceptors (Lipinski definition) is 7. The van der Waals surface area contributed by atoms with E-state index in [-0.39, 0.29) is 12.2 Å². The molecule has 0 amide bonds. The number of benzene rings is 3. The molecule has 0 fully saturated rings. The molecule has 5 rings (SSSR count). The predicted octanol–water partition coefficient (Wildman–Crippen LogP) is 5.69. The van der Waals surface area contributed by atoms with Gasteiger partial charge in [0.1, 0.15) is 6.61 Å². The summed E-state index contributed by atoms with van der Waals surface area (Å²) >= 11 is 13.3. The minimum atomic E-state index is -0.706. The molecule has 1 aromatic heterocycles. The second-order valence-corrected chi connectivity index (χ2v) is 11.1. The van der Waals surface area contributed by atoms with Crippen LogP contribution in [0.5, 0.6) is 11.5 Å². The largest absolute Gasteiger partial charge is 0.493 e. The van der Waals surface area contributed by atoms with Crippen LogP contribution in [0.2, 0.25) is 10.0 Å². The Morgan fingerprint density at radius 1 is 1.02 bits per heavy atom. The summed E-state index contributed by atoms with van der Waals surface area (Å²) in [6.07, 6.45) is 1.78. The van der Waals surface area contributed by atoms with Crippen LogP contribution in [-0.4, -0.2) is 24.3 Å². The number of nitrogens with zero attached hydrogens (tertiary/aromatic N) is 2. The average Bonchev–Trinajstić information content (AvgIpc) is 3.26. The van der Waals surface area contributed by atoms with E-state index in [9.17, 15) is 9.59 Å². The number of hydrogen-bond donors (Lipinski definition) is 0. The number of allylic oxidation sites excluding steroid dienone is 1. The Balaban J connectivity index is 1.53. The van der Waals surface area contributed by atoms with Gasteiger partial charge in [0.05, 0.1) is 35.6 Å². The smallest absolute Gasteiger partial charge is 0.338 e. The van der Waals surface area contributed by atoms with Crippen LogP contribution in [0.1, 0.15) is 36.6 Å². The summed E-state index contributed by atoms with van der Waals surface area (Å²) < 4.78 is 18.9. The zero-order valence-corrected chi connectivity index (χ0v) is 24.8. The van der Waals surface area contributed by atoms with Crippen LogP contribution in [0, 0.1) is 0 Å². The van der Waals surface area contributed by atoms with Gasteiger partial charge in [-0.1, -0.05) is 64.9 Å². The number of aromatic nitrogens is 1. The van der Waals surface area contributed by atoms with Crippen LogP contribution >= 0.6 is 34.5 Å². The number of fused-ring (bicyclic) bond motifs is 1. The molecular formula is C31H26Cl2N2O5S. The topological polar surface area (TPSA) is 79.1 Å². The number of carbonyl (C=O) groups is 1. The second kappa shape index (κ2) is 12.3. The summed E-state index contributed by atoms with van der Waals surface area (Å²) in [7, 11) is 1.56. The van der Waals surface area contributed by atoms with Crippen molar-refractivity contribution in [1.82, 2.24) is 4.57 Å². The van der Waals surface area contributed by atoms with Crippen molar-refractivity contribution in [2.75, 3.05) is 13.7 Å². The number of thiazole rings is 1. The van der Waals surface area contributed by atoms with E-state index in [1.807, 2.05) is 30.3 Å². The number of esters is 1. The Bertz CT molecular complexity index is 1810. The summed E-state index contributed by atoms with van der Waals surface area (Å²) in [6, 6.07) is 19.2. The summed E-state index contributed by atoms with van der Waals surface area (Å²) in [5, 5.41) is 1.21. The Morgan fingerprint density at radius 3 is 2.37 bits per heavy atom. The molecule has 0 saturated heterocycles. The molecule has 3 aromatic carbocycles. The molecule has 1 aliphatic rings. The Morgan fingerprint density at radius 2 is 1.71 bits per heavy atom. The van der Waals surface area contributed by atoms with Gasteiger partial charge < -0.3 is 14.2 Å². The quantitative estimate of drug-likeness (QED) is 0.240. The first kappa shape index (κ1) is 28.7. The van der Waals surface area contributed by atoms with E-state index in [4.69, 9.17) is 37.4 Å². The lowest BCUT2D eigenvalue weighted by Gasteiger charge is -2.24. The van der Waals surface area contributed by atoms with E-state index in [0.717, 1.165) is 16.7 Å². The minimum Gasteiger partial charge on any atom is -0.493 e. The summed E-state index contributed by atoms with van der Waals surface area (Å²) in [5.41, 5.74) is 2.98. The molecule has 0 spiro atoms. The first-order valence-corrected chi connectivity index (χ1v) is 14.4. The van der Waals surface area contributed by atoms with Crippen molar-refractivity contribution in [3.63, 3.8) is 0 Å². The average molecular weight is 610 g/mol. The van der Waals surface area contributed by atoms with Crippen LogP contribution in [0.4, 0.5) is 0 Å². The van der Waals surface area contributed by atoms with Gasteiger partial charge in [0.25, 0.3) is 5.56 Å². The molecule has 2 heterocycles. The highest BCUT2D eigenvalue weighted by molar-refractivity contribution is 7.07. The molecule has 0 bridgehead atoms. The van der Waals surface area contributed by atoms with Gasteiger partial charge in [-0.25, -0.2) is 9.79 Å². The van der Waals surface area contributed by atoms with Crippen molar-refractivity contribution >= 4 is 46.6 Å². The highest BCUT2D eigenvalue weighted by Crippen LogP contribution is 2.32. The van der Waals surface area contributed by atoms with E-state index in [0.29, 0.717) is 48.8 Å². The molecule has 0 radical (unpaired) electrons. The highest BCUT2D eigenvalue weighted by atomic mass is 35.5. The Kier molecular flexibility index (Phi) is 8.63. The maximum Gasteiger partial charge on any atom is 0.338 e. The van der Waals surface area contributed by atoms with E-state index >= 15 is 0 Å². The van der Waals surface area contributed by atoms with Crippen LogP contribution in [0.25, 0.3) is 6.08 Å². The summed E-state index contributed by atoms with van der Waals surface area (Å²) in [5.74, 6) is 0.584. The zero-order chi connectivity index (χ0) is 29.1. The number of carbonyl (C=O) groups excluding carboxylic acids is 1. The van der Waals surface area contributed by atoms with E-state index in [1.54, 1.807) is 68.0 Å². The molecule has 0 N–H and O–H groups in total. The van der Waals surface area contributed by atoms with Crippen LogP contribution in [0.3, 0.4) is 0 Å². The predicted molar refractivity (Wildman–Crippen MR) is 161 cm³/mol. The fourth-order valence-electron chi connectivity index (χ4n) is 4.54. The van der Waals surface area contributed by atoms with Crippen molar-refractivity contribution < 1.29 is 19.0 Å². The van der Waals surface area contributed by atoms with Crippen molar-refractivity contribution in [3.8, 4) is 11.5 Å². The van der Waals surface area contributed by atoms with E-state index in [1.165, 1.54) is 11.3 Å². The third kappa shape index (κ3) is 6.10. The first-order valence-electron chi connectivity index (χ1n) is 12.8. The lowest BCUT2D eigenvalue weighted by molar-refractivity contribution is -0.139. The van der Waals surface area contributed by atoms with Crippen LogP contribution in [-0.2, 0) is 16.1 Å². The molecule has 1 aliphatic heterocycles. The Hall–Kier alpha value is -3.85. The molecule has 1 unspecified atom stereocenters. The number of ether oxygens (including phenoxy) is 3. The van der Waals surface area contributed by atoms with Crippen LogP contribution in [0.15, 0.2) is 87.8 Å². The summed E-state index contributed by atoms with van der Waals surface area (Å²) in [4.78, 5) is 31.9. The fourth-order valence-corrected chi connectivity index (χ4v) is 5.84. The molecular weight excluding hydrogens is 583 g/mol. The maximum atomic E-state index is 13.8. The fraction of sp³-hybridized carbons (Fsp3) is 0.194. The minimum absolute atomic E-state index is 0.203. The third-order valence-corrected chi connectivity index (χ3v) is 7.98. The van der Waals surface area contributed by atoms with Crippen molar-refractivity contribution in [1.29, 1.82) is 0 Å². The molecule has 210 valence electrons. The monoisotopic (exact) mass is 608 g/mol. The Labute approximate surface area is 250 Å². The number of halogens is 2. The lowest BCUT2D eigenvalue weighted by atomic mass is 9.96. The molecule has 7 nitrogen and oxygen atoms in total. The van der Waals surface area contributed by atoms with Gasteiger partial charge in [0.2, 0.25) is 0 Å². The van der Waals surface area contributed by atoms with Crippen LogP contribution < -0.4 is 24.4 Å². The second-order valence-electron chi connectivity index (χ2n) is 9.18. The van der Waals surface area contributed by atoms with Gasteiger partial charge in [-0.3, -0.25) is 9.36 Å². The van der Waals surface area contributed by atoms with Crippen molar-refractivity contribution in [3.05, 3.63) is 124 Å². The number of rotatable bonds is 8. The van der Waals surface area contributed by atoms with E-state index in [2.05, 4.69) is 4.99 Å². The van der Waals surface area contributed by atoms with Gasteiger partial charge in [-0.05, 0) is 73.0 Å². The third-order valence-electron chi connectivity index (χ3n) is 6.50. The molecule has 4 aromatic rings. The molecule has 0 aliphatic carbocycles. The highest BCUT2D eigenvalue weighted by Gasteiger charge is 2.33. The van der Waals surface area contributed by atoms with Gasteiger partial charge in [0.15, 0.2) is 16.3 Å². The lowest BCUT2D eigenvalue weighted by Crippen LogP contribution is -2.39. The number of methoxy groups -OCH3 is 1. The van der Waals surface area contributed by atoms with E-state index < -0.39 is 12.0 Å². The molecule has 10 heteroatoms. The van der Waals surface area contributed by atoms with Gasteiger partial charge in [-0.15, -0.1) is 0 Å². The van der Waals surface area contributed by atoms with Gasteiger partial charge in [-0.2, -0.15) is 0 Å². The summed E-state index contributed by atoms with van der Waals surface area (Å²) in [6.45, 7) is 4.04. The standard InChI is InChI=1S/C31H26Cl2N2O5S/c1-4-39-30(37)27-18(2)34-31-35(28(27)21-8-12-23(33)13-9-21)29(36)26(41-31)16-20-7-14-24(25(15-20)38-3)40-17-19-5-10-22(32)11-6-19/h5-16,28H,4,17H2,1-3H3/b26-16+. The maximum absolute atomic E-state index is 13.8. The first-order chi connectivity index (χ1) is 19.8. The van der Waals surface area contributed by atoms with Crippen molar-refractivity contribution in [2.24, 2.45) is 4.99 Å². The zero-order valence-electron chi connectivity index (χ0n) is 22.5. The normalized spacial score (nSPS) is 14.9. The molecule has 0 saturated carbocycles. The molecule has 1 atom stereocenters. The van der Waals surface area contributed by atoms with Gasteiger partial charge in [0, 0.05) is 10.0 Å².